The lowest BCUT2D eigenvalue weighted by atomic mass is 9.77. The lowest BCUT2D eigenvalue weighted by Gasteiger charge is -2.37. The Hall–Kier alpha value is -2.45. The molecule has 4 aromatic heterocycles. The van der Waals surface area contributed by atoms with Gasteiger partial charge in [0.25, 0.3) is 0 Å². The van der Waals surface area contributed by atoms with Gasteiger partial charge >= 0.3 is 0 Å². The zero-order valence-corrected chi connectivity index (χ0v) is 15.2. The highest BCUT2D eigenvalue weighted by atomic mass is 32.1. The number of pyridine rings is 2. The summed E-state index contributed by atoms with van der Waals surface area (Å²) in [5.41, 5.74) is 3.09. The van der Waals surface area contributed by atoms with E-state index in [0.29, 0.717) is 10.5 Å². The van der Waals surface area contributed by atoms with Crippen LogP contribution in [-0.4, -0.2) is 30.8 Å². The second-order valence-electron chi connectivity index (χ2n) is 7.14. The quantitative estimate of drug-likeness (QED) is 0.569. The minimum Gasteiger partial charge on any atom is -0.387 e. The summed E-state index contributed by atoms with van der Waals surface area (Å²) in [5, 5.41) is 15.6. The number of aromatic nitrogens is 4. The molecule has 1 aliphatic carbocycles. The highest BCUT2D eigenvalue weighted by molar-refractivity contribution is 7.19. The van der Waals surface area contributed by atoms with Crippen molar-refractivity contribution in [1.29, 1.82) is 0 Å². The van der Waals surface area contributed by atoms with Crippen LogP contribution in [0.2, 0.25) is 0 Å². The highest BCUT2D eigenvalue weighted by Gasteiger charge is 2.48. The van der Waals surface area contributed by atoms with E-state index in [0.717, 1.165) is 26.9 Å². The molecule has 27 heavy (non-hydrogen) atoms. The number of alkyl halides is 2. The van der Waals surface area contributed by atoms with Crippen molar-refractivity contribution in [2.45, 2.75) is 24.9 Å². The molecular weight excluding hydrogens is 370 g/mol. The lowest BCUT2D eigenvalue weighted by molar-refractivity contribution is -0.141. The van der Waals surface area contributed by atoms with Crippen LogP contribution < -0.4 is 0 Å². The Morgan fingerprint density at radius 3 is 2.89 bits per heavy atom. The Labute approximate surface area is 157 Å². The first kappa shape index (κ1) is 16.7. The Morgan fingerprint density at radius 2 is 2.11 bits per heavy atom. The van der Waals surface area contributed by atoms with Gasteiger partial charge in [-0.25, -0.2) is 18.7 Å². The van der Waals surface area contributed by atoms with Crippen LogP contribution in [0.15, 0.2) is 36.7 Å². The van der Waals surface area contributed by atoms with Gasteiger partial charge < -0.3 is 5.11 Å². The van der Waals surface area contributed by atoms with E-state index in [1.165, 1.54) is 11.3 Å². The SMILES string of the molecule is Cn1cc2cc(-c3ccc4sc(C(O)C5CC(F)(F)C5)cc4n3)cnc2n1. The van der Waals surface area contributed by atoms with Crippen molar-refractivity contribution >= 4 is 32.6 Å². The summed E-state index contributed by atoms with van der Waals surface area (Å²) in [4.78, 5) is 9.74. The summed E-state index contributed by atoms with van der Waals surface area (Å²) in [7, 11) is 1.85. The molecule has 1 fully saturated rings. The lowest BCUT2D eigenvalue weighted by Crippen LogP contribution is -2.38. The van der Waals surface area contributed by atoms with Gasteiger partial charge in [0.05, 0.1) is 22.0 Å². The third-order valence-corrected chi connectivity index (χ3v) is 6.18. The maximum absolute atomic E-state index is 13.1. The largest absolute Gasteiger partial charge is 0.387 e. The molecule has 0 bridgehead atoms. The molecule has 0 aliphatic heterocycles. The van der Waals surface area contributed by atoms with Gasteiger partial charge in [0, 0.05) is 54.0 Å². The summed E-state index contributed by atoms with van der Waals surface area (Å²) in [6.07, 6.45) is 2.27. The van der Waals surface area contributed by atoms with Crippen molar-refractivity contribution < 1.29 is 13.9 Å². The van der Waals surface area contributed by atoms with Crippen molar-refractivity contribution in [1.82, 2.24) is 19.7 Å². The van der Waals surface area contributed by atoms with E-state index in [1.807, 2.05) is 31.4 Å². The van der Waals surface area contributed by atoms with Crippen LogP contribution in [-0.2, 0) is 7.05 Å². The number of thiophene rings is 1. The number of hydrogen-bond donors (Lipinski definition) is 1. The Bertz CT molecular complexity index is 1160. The molecular formula is C19H16F2N4OS. The van der Waals surface area contributed by atoms with E-state index in [4.69, 9.17) is 0 Å². The summed E-state index contributed by atoms with van der Waals surface area (Å²) < 4.78 is 28.8. The Balaban J connectivity index is 1.47. The van der Waals surface area contributed by atoms with Crippen LogP contribution in [0.25, 0.3) is 32.5 Å². The van der Waals surface area contributed by atoms with E-state index < -0.39 is 12.0 Å². The molecule has 138 valence electrons. The van der Waals surface area contributed by atoms with E-state index in [9.17, 15) is 13.9 Å². The Morgan fingerprint density at radius 1 is 1.30 bits per heavy atom. The van der Waals surface area contributed by atoms with Crippen molar-refractivity contribution in [2.75, 3.05) is 0 Å². The molecule has 4 aromatic rings. The second kappa shape index (κ2) is 5.77. The highest BCUT2D eigenvalue weighted by Crippen LogP contribution is 2.49. The standard InChI is InChI=1S/C19H16F2N4OS/c1-25-9-11-4-10(8-22-18(11)24-25)13-2-3-15-14(23-13)5-16(27-15)17(26)12-6-19(20,21)7-12/h2-5,8-9,12,17,26H,6-7H2,1H3. The first-order valence-electron chi connectivity index (χ1n) is 8.64. The van der Waals surface area contributed by atoms with Crippen molar-refractivity contribution in [3.8, 4) is 11.3 Å². The third-order valence-electron chi connectivity index (χ3n) is 5.02. The smallest absolute Gasteiger partial charge is 0.248 e. The minimum atomic E-state index is -2.63. The third kappa shape index (κ3) is 2.89. The van der Waals surface area contributed by atoms with Crippen molar-refractivity contribution in [3.63, 3.8) is 0 Å². The van der Waals surface area contributed by atoms with Gasteiger partial charge in [-0.1, -0.05) is 0 Å². The van der Waals surface area contributed by atoms with Crippen LogP contribution in [0.3, 0.4) is 0 Å². The number of hydrogen-bond acceptors (Lipinski definition) is 5. The van der Waals surface area contributed by atoms with Gasteiger partial charge in [-0.05, 0) is 24.3 Å². The van der Waals surface area contributed by atoms with Crippen LogP contribution in [0.5, 0.6) is 0 Å². The molecule has 0 radical (unpaired) electrons. The summed E-state index contributed by atoms with van der Waals surface area (Å²) in [6.45, 7) is 0. The van der Waals surface area contributed by atoms with Crippen LogP contribution in [0.1, 0.15) is 23.8 Å². The predicted molar refractivity (Wildman–Crippen MR) is 99.8 cm³/mol. The molecule has 5 rings (SSSR count). The van der Waals surface area contributed by atoms with Crippen molar-refractivity contribution in [2.24, 2.45) is 13.0 Å². The molecule has 1 atom stereocenters. The molecule has 1 unspecified atom stereocenters. The minimum absolute atomic E-state index is 0.252. The van der Waals surface area contributed by atoms with E-state index in [2.05, 4.69) is 15.1 Å². The van der Waals surface area contributed by atoms with Crippen LogP contribution in [0, 0.1) is 5.92 Å². The van der Waals surface area contributed by atoms with Gasteiger partial charge in [-0.2, -0.15) is 5.10 Å². The molecule has 5 nitrogen and oxygen atoms in total. The fourth-order valence-electron chi connectivity index (χ4n) is 3.59. The Kier molecular flexibility index (Phi) is 3.57. The monoisotopic (exact) mass is 386 g/mol. The number of halogens is 2. The topological polar surface area (TPSA) is 63.8 Å². The maximum atomic E-state index is 13.1. The van der Waals surface area contributed by atoms with Gasteiger partial charge in [0.15, 0.2) is 5.65 Å². The first-order chi connectivity index (χ1) is 12.9. The number of rotatable bonds is 3. The van der Waals surface area contributed by atoms with Crippen LogP contribution in [0.4, 0.5) is 8.78 Å². The molecule has 0 saturated heterocycles. The maximum Gasteiger partial charge on any atom is 0.248 e. The number of nitrogens with zero attached hydrogens (tertiary/aromatic N) is 4. The molecule has 8 heteroatoms. The predicted octanol–water partition coefficient (Wildman–Crippen LogP) is 4.32. The van der Waals surface area contributed by atoms with Crippen molar-refractivity contribution in [3.05, 3.63) is 41.5 Å². The number of aliphatic hydroxyl groups is 1. The molecule has 1 saturated carbocycles. The first-order valence-corrected chi connectivity index (χ1v) is 9.46. The van der Waals surface area contributed by atoms with E-state index in [-0.39, 0.29) is 18.8 Å². The fraction of sp³-hybridized carbons (Fsp3) is 0.316. The molecule has 1 N–H and O–H groups in total. The molecule has 1 aliphatic rings. The fourth-order valence-corrected chi connectivity index (χ4v) is 4.67. The van der Waals surface area contributed by atoms with Gasteiger partial charge in [0.2, 0.25) is 5.92 Å². The normalized spacial score (nSPS) is 18.1. The summed E-state index contributed by atoms with van der Waals surface area (Å²) in [5.74, 6) is -3.02. The van der Waals surface area contributed by atoms with Gasteiger partial charge in [-0.15, -0.1) is 11.3 Å². The average Bonchev–Trinajstić information content (AvgIpc) is 3.19. The average molecular weight is 386 g/mol. The van der Waals surface area contributed by atoms with Gasteiger partial charge in [-0.3, -0.25) is 4.68 Å². The number of aryl methyl sites for hydroxylation is 1. The number of fused-ring (bicyclic) bond motifs is 2. The molecule has 0 aromatic carbocycles. The van der Waals surface area contributed by atoms with E-state index >= 15 is 0 Å². The summed E-state index contributed by atoms with van der Waals surface area (Å²) in [6, 6.07) is 7.65. The number of aliphatic hydroxyl groups excluding tert-OH is 1. The van der Waals surface area contributed by atoms with Gasteiger partial charge in [0.1, 0.15) is 0 Å². The zero-order chi connectivity index (χ0) is 18.8. The molecule has 4 heterocycles. The summed E-state index contributed by atoms with van der Waals surface area (Å²) >= 11 is 1.41. The molecule has 0 spiro atoms. The van der Waals surface area contributed by atoms with E-state index in [1.54, 1.807) is 16.9 Å². The molecule has 0 amide bonds. The zero-order valence-electron chi connectivity index (χ0n) is 14.4. The second-order valence-corrected chi connectivity index (χ2v) is 8.25. The van der Waals surface area contributed by atoms with Crippen LogP contribution >= 0.6 is 11.3 Å².